The van der Waals surface area contributed by atoms with Gasteiger partial charge in [0.25, 0.3) is 0 Å². The van der Waals surface area contributed by atoms with Crippen LogP contribution in [0.2, 0.25) is 0 Å². The molecule has 3 nitrogen and oxygen atoms in total. The Morgan fingerprint density at radius 2 is 2.30 bits per heavy atom. The molecule has 1 fully saturated rings. The van der Waals surface area contributed by atoms with Crippen LogP contribution in [0, 0.1) is 6.92 Å². The summed E-state index contributed by atoms with van der Waals surface area (Å²) in [5.74, 6) is 0. The zero-order valence-corrected chi connectivity index (χ0v) is 14.0. The summed E-state index contributed by atoms with van der Waals surface area (Å²) in [7, 11) is 0. The first-order chi connectivity index (χ1) is 9.63. The summed E-state index contributed by atoms with van der Waals surface area (Å²) in [4.78, 5) is 3.96. The fourth-order valence-electron chi connectivity index (χ4n) is 2.76. The van der Waals surface area contributed by atoms with E-state index in [1.165, 1.54) is 10.4 Å². The van der Waals surface area contributed by atoms with Gasteiger partial charge in [0.05, 0.1) is 18.8 Å². The van der Waals surface area contributed by atoms with E-state index in [2.05, 4.69) is 49.4 Å². The average molecular weight is 296 g/mol. The normalized spacial score (nSPS) is 22.4. The molecule has 4 heteroatoms. The Morgan fingerprint density at radius 3 is 2.90 bits per heavy atom. The Hall–Kier alpha value is -0.420. The summed E-state index contributed by atoms with van der Waals surface area (Å²) in [5.41, 5.74) is 1.38. The summed E-state index contributed by atoms with van der Waals surface area (Å²) in [5, 5.41) is 5.89. The second-order valence-corrected chi connectivity index (χ2v) is 6.85. The highest BCUT2D eigenvalue weighted by Gasteiger charge is 2.31. The van der Waals surface area contributed by atoms with Crippen LogP contribution < -0.4 is 5.32 Å². The first kappa shape index (κ1) is 16.0. The minimum absolute atomic E-state index is 0.259. The van der Waals surface area contributed by atoms with Crippen molar-refractivity contribution >= 4 is 11.3 Å². The van der Waals surface area contributed by atoms with Gasteiger partial charge in [-0.05, 0) is 50.7 Å². The Kier molecular flexibility index (Phi) is 6.02. The molecule has 1 aliphatic heterocycles. The van der Waals surface area contributed by atoms with Crippen molar-refractivity contribution in [2.75, 3.05) is 26.2 Å². The molecule has 0 spiro atoms. The molecule has 0 amide bonds. The highest BCUT2D eigenvalue weighted by Crippen LogP contribution is 2.29. The maximum Gasteiger partial charge on any atom is 0.0905 e. The van der Waals surface area contributed by atoms with Crippen LogP contribution in [0.25, 0.3) is 0 Å². The van der Waals surface area contributed by atoms with Crippen LogP contribution >= 0.6 is 11.3 Å². The first-order valence-corrected chi connectivity index (χ1v) is 8.64. The number of thiophene rings is 1. The summed E-state index contributed by atoms with van der Waals surface area (Å²) in [6.45, 7) is 12.9. The molecule has 114 valence electrons. The predicted octanol–water partition coefficient (Wildman–Crippen LogP) is 3.21. The summed E-state index contributed by atoms with van der Waals surface area (Å²) >= 11 is 1.85. The lowest BCUT2D eigenvalue weighted by Crippen LogP contribution is -2.50. The Morgan fingerprint density at radius 1 is 1.50 bits per heavy atom. The second kappa shape index (κ2) is 7.55. The fraction of sp³-hybridized carbons (Fsp3) is 0.750. The van der Waals surface area contributed by atoms with Crippen molar-refractivity contribution < 1.29 is 4.74 Å². The molecule has 1 aromatic heterocycles. The third-order valence-electron chi connectivity index (χ3n) is 4.03. The molecule has 2 heterocycles. The largest absolute Gasteiger partial charge is 0.374 e. The maximum atomic E-state index is 6.10. The highest BCUT2D eigenvalue weighted by molar-refractivity contribution is 7.10. The van der Waals surface area contributed by atoms with Gasteiger partial charge in [-0.15, -0.1) is 11.3 Å². The molecule has 2 rings (SSSR count). The molecule has 2 atom stereocenters. The molecule has 1 N–H and O–H groups in total. The lowest BCUT2D eigenvalue weighted by atomic mass is 10.0. The lowest BCUT2D eigenvalue weighted by Gasteiger charge is -2.39. The van der Waals surface area contributed by atoms with E-state index in [1.54, 1.807) is 0 Å². The van der Waals surface area contributed by atoms with Crippen LogP contribution in [0.4, 0.5) is 0 Å². The van der Waals surface area contributed by atoms with E-state index in [9.17, 15) is 0 Å². The van der Waals surface area contributed by atoms with E-state index in [-0.39, 0.29) is 6.10 Å². The van der Waals surface area contributed by atoms with E-state index < -0.39 is 0 Å². The summed E-state index contributed by atoms with van der Waals surface area (Å²) in [6, 6.07) is 3.14. The fourth-order valence-corrected chi connectivity index (χ4v) is 3.82. The predicted molar refractivity (Wildman–Crippen MR) is 86.5 cm³/mol. The van der Waals surface area contributed by atoms with Crippen molar-refractivity contribution in [3.05, 3.63) is 21.9 Å². The van der Waals surface area contributed by atoms with E-state index in [1.807, 2.05) is 11.3 Å². The number of rotatable bonds is 6. The topological polar surface area (TPSA) is 24.5 Å². The smallest absolute Gasteiger partial charge is 0.0905 e. The number of nitrogens with one attached hydrogen (secondary N) is 1. The van der Waals surface area contributed by atoms with E-state index in [0.29, 0.717) is 12.1 Å². The standard InChI is InChI=1S/C16H28N2OS/c1-5-7-17-15(16-13(4)6-10-20-16)14-11-18(12(2)3)8-9-19-14/h6,10,12,14-15,17H,5,7-9,11H2,1-4H3. The molecule has 0 aliphatic carbocycles. The average Bonchev–Trinajstić information content (AvgIpc) is 2.86. The molecule has 0 aromatic carbocycles. The van der Waals surface area contributed by atoms with Gasteiger partial charge in [-0.25, -0.2) is 0 Å². The molecular formula is C16H28N2OS. The molecule has 0 radical (unpaired) electrons. The van der Waals surface area contributed by atoms with Crippen LogP contribution in [0.1, 0.15) is 43.7 Å². The monoisotopic (exact) mass is 296 g/mol. The van der Waals surface area contributed by atoms with Gasteiger partial charge < -0.3 is 10.1 Å². The number of nitrogens with zero attached hydrogens (tertiary/aromatic N) is 1. The Balaban J connectivity index is 2.12. The SMILES string of the molecule is CCCNC(c1sccc1C)C1CN(C(C)C)CCO1. The van der Waals surface area contributed by atoms with Crippen LogP contribution in [0.5, 0.6) is 0 Å². The quantitative estimate of drug-likeness (QED) is 0.872. The first-order valence-electron chi connectivity index (χ1n) is 7.76. The van der Waals surface area contributed by atoms with Gasteiger partial charge in [0.15, 0.2) is 0 Å². The lowest BCUT2D eigenvalue weighted by molar-refractivity contribution is -0.0556. The molecule has 20 heavy (non-hydrogen) atoms. The molecule has 1 aliphatic rings. The van der Waals surface area contributed by atoms with Crippen molar-refractivity contribution in [2.24, 2.45) is 0 Å². The van der Waals surface area contributed by atoms with E-state index in [4.69, 9.17) is 4.74 Å². The van der Waals surface area contributed by atoms with E-state index in [0.717, 1.165) is 32.7 Å². The van der Waals surface area contributed by atoms with Crippen LogP contribution in [-0.4, -0.2) is 43.3 Å². The van der Waals surface area contributed by atoms with Crippen molar-refractivity contribution in [3.63, 3.8) is 0 Å². The Labute approximate surface area is 127 Å². The molecule has 0 bridgehead atoms. The number of hydrogen-bond donors (Lipinski definition) is 1. The number of aryl methyl sites for hydroxylation is 1. The van der Waals surface area contributed by atoms with Gasteiger partial charge in [0.2, 0.25) is 0 Å². The molecule has 1 saturated heterocycles. The van der Waals surface area contributed by atoms with Gasteiger partial charge >= 0.3 is 0 Å². The van der Waals surface area contributed by atoms with Crippen molar-refractivity contribution in [2.45, 2.75) is 52.3 Å². The minimum atomic E-state index is 0.259. The molecule has 1 aromatic rings. The number of hydrogen-bond acceptors (Lipinski definition) is 4. The number of ether oxygens (including phenoxy) is 1. The Bertz CT molecular complexity index is 405. The maximum absolute atomic E-state index is 6.10. The third-order valence-corrected chi connectivity index (χ3v) is 5.13. The summed E-state index contributed by atoms with van der Waals surface area (Å²) < 4.78 is 6.10. The van der Waals surface area contributed by atoms with E-state index >= 15 is 0 Å². The van der Waals surface area contributed by atoms with Crippen molar-refractivity contribution in [1.82, 2.24) is 10.2 Å². The number of morpholine rings is 1. The van der Waals surface area contributed by atoms with Crippen molar-refractivity contribution in [1.29, 1.82) is 0 Å². The van der Waals surface area contributed by atoms with Gasteiger partial charge in [-0.1, -0.05) is 6.92 Å². The van der Waals surface area contributed by atoms with Gasteiger partial charge in [0.1, 0.15) is 0 Å². The van der Waals surface area contributed by atoms with Crippen LogP contribution in [0.3, 0.4) is 0 Å². The van der Waals surface area contributed by atoms with Crippen molar-refractivity contribution in [3.8, 4) is 0 Å². The van der Waals surface area contributed by atoms with Gasteiger partial charge in [0, 0.05) is 24.0 Å². The van der Waals surface area contributed by atoms with Crippen LogP contribution in [0.15, 0.2) is 11.4 Å². The third kappa shape index (κ3) is 3.82. The summed E-state index contributed by atoms with van der Waals surface area (Å²) in [6.07, 6.45) is 1.41. The minimum Gasteiger partial charge on any atom is -0.374 e. The molecule has 2 unspecified atom stereocenters. The zero-order valence-electron chi connectivity index (χ0n) is 13.2. The van der Waals surface area contributed by atoms with Gasteiger partial charge in [-0.3, -0.25) is 4.90 Å². The highest BCUT2D eigenvalue weighted by atomic mass is 32.1. The second-order valence-electron chi connectivity index (χ2n) is 5.90. The zero-order chi connectivity index (χ0) is 14.5. The molecular weight excluding hydrogens is 268 g/mol. The van der Waals surface area contributed by atoms with Gasteiger partial charge in [-0.2, -0.15) is 0 Å². The molecule has 0 saturated carbocycles. The van der Waals surface area contributed by atoms with Crippen LogP contribution in [-0.2, 0) is 4.74 Å².